The largest absolute Gasteiger partial charge is 0.508 e. The molecule has 3 nitrogen and oxygen atoms in total. The monoisotopic (exact) mass is 274 g/mol. The van der Waals surface area contributed by atoms with E-state index >= 15 is 0 Å². The fourth-order valence-corrected chi connectivity index (χ4v) is 2.83. The lowest BCUT2D eigenvalue weighted by Gasteiger charge is -2.26. The molecule has 1 aliphatic rings. The number of ether oxygens (including phenoxy) is 2. The number of thioether (sulfide) groups is 1. The van der Waals surface area contributed by atoms with Crippen LogP contribution in [-0.4, -0.2) is 23.6 Å². The number of fused-ring (bicyclic) bond motifs is 1. The molecule has 1 atom stereocenters. The lowest BCUT2D eigenvalue weighted by atomic mass is 10.3. The maximum absolute atomic E-state index is 9.41. The lowest BCUT2D eigenvalue weighted by Crippen LogP contribution is -2.31. The number of benzene rings is 2. The first-order chi connectivity index (χ1) is 9.31. The topological polar surface area (TPSA) is 38.7 Å². The van der Waals surface area contributed by atoms with Gasteiger partial charge in [0.25, 0.3) is 0 Å². The van der Waals surface area contributed by atoms with Crippen LogP contribution in [0.2, 0.25) is 0 Å². The van der Waals surface area contributed by atoms with Crippen LogP contribution in [0.3, 0.4) is 0 Å². The Hall–Kier alpha value is -1.81. The van der Waals surface area contributed by atoms with Crippen molar-refractivity contribution in [2.24, 2.45) is 0 Å². The third kappa shape index (κ3) is 2.96. The van der Waals surface area contributed by atoms with E-state index in [-0.39, 0.29) is 11.9 Å². The minimum Gasteiger partial charge on any atom is -0.508 e. The van der Waals surface area contributed by atoms with Gasteiger partial charge in [0.2, 0.25) is 0 Å². The standard InChI is InChI=1S/C15H14O3S/c16-11-4-3-5-13(8-11)19-10-12-9-17-14-6-1-2-7-15(14)18-12/h1-8,12,16H,9-10H2. The summed E-state index contributed by atoms with van der Waals surface area (Å²) in [4.78, 5) is 1.03. The molecular formula is C15H14O3S. The lowest BCUT2D eigenvalue weighted by molar-refractivity contribution is 0.107. The molecular weight excluding hydrogens is 260 g/mol. The van der Waals surface area contributed by atoms with Crippen LogP contribution in [0.5, 0.6) is 17.2 Å². The Morgan fingerprint density at radius 2 is 1.95 bits per heavy atom. The predicted molar refractivity (Wildman–Crippen MR) is 75.2 cm³/mol. The quantitative estimate of drug-likeness (QED) is 0.871. The molecule has 1 aliphatic heterocycles. The number of hydrogen-bond acceptors (Lipinski definition) is 4. The van der Waals surface area contributed by atoms with Gasteiger partial charge in [0.05, 0.1) is 0 Å². The van der Waals surface area contributed by atoms with Gasteiger partial charge in [-0.15, -0.1) is 11.8 Å². The minimum absolute atomic E-state index is 0.0299. The van der Waals surface area contributed by atoms with E-state index in [2.05, 4.69) is 0 Å². The summed E-state index contributed by atoms with van der Waals surface area (Å²) in [6.45, 7) is 0.558. The summed E-state index contributed by atoms with van der Waals surface area (Å²) >= 11 is 1.65. The molecule has 0 saturated carbocycles. The van der Waals surface area contributed by atoms with E-state index in [0.717, 1.165) is 22.1 Å². The Morgan fingerprint density at radius 1 is 1.11 bits per heavy atom. The van der Waals surface area contributed by atoms with E-state index in [1.807, 2.05) is 36.4 Å². The van der Waals surface area contributed by atoms with Gasteiger partial charge in [-0.3, -0.25) is 0 Å². The second kappa shape index (κ2) is 5.45. The first-order valence-electron chi connectivity index (χ1n) is 6.11. The van der Waals surface area contributed by atoms with Gasteiger partial charge in [-0.05, 0) is 30.3 Å². The Kier molecular flexibility index (Phi) is 3.51. The van der Waals surface area contributed by atoms with Crippen LogP contribution in [0.4, 0.5) is 0 Å². The molecule has 0 aliphatic carbocycles. The molecule has 1 unspecified atom stereocenters. The van der Waals surface area contributed by atoms with Gasteiger partial charge in [-0.1, -0.05) is 18.2 Å². The van der Waals surface area contributed by atoms with Crippen LogP contribution in [0.15, 0.2) is 53.4 Å². The van der Waals surface area contributed by atoms with Crippen molar-refractivity contribution in [3.8, 4) is 17.2 Å². The second-order valence-electron chi connectivity index (χ2n) is 4.31. The van der Waals surface area contributed by atoms with E-state index in [9.17, 15) is 5.11 Å². The fraction of sp³-hybridized carbons (Fsp3) is 0.200. The van der Waals surface area contributed by atoms with E-state index in [4.69, 9.17) is 9.47 Å². The summed E-state index contributed by atoms with van der Waals surface area (Å²) in [5.41, 5.74) is 0. The number of phenols is 1. The maximum Gasteiger partial charge on any atom is 0.161 e. The summed E-state index contributed by atoms with van der Waals surface area (Å²) in [6.07, 6.45) is 0.0299. The van der Waals surface area contributed by atoms with E-state index in [0.29, 0.717) is 6.61 Å². The van der Waals surface area contributed by atoms with Crippen molar-refractivity contribution in [1.29, 1.82) is 0 Å². The zero-order valence-electron chi connectivity index (χ0n) is 10.3. The van der Waals surface area contributed by atoms with Gasteiger partial charge in [0.1, 0.15) is 18.5 Å². The zero-order chi connectivity index (χ0) is 13.1. The molecule has 0 radical (unpaired) electrons. The number of aromatic hydroxyl groups is 1. The zero-order valence-corrected chi connectivity index (χ0v) is 11.1. The summed E-state index contributed by atoms with van der Waals surface area (Å²) in [6, 6.07) is 14.9. The number of phenolic OH excluding ortho intramolecular Hbond substituents is 1. The van der Waals surface area contributed by atoms with Gasteiger partial charge < -0.3 is 14.6 Å². The summed E-state index contributed by atoms with van der Waals surface area (Å²) in [5.74, 6) is 2.69. The number of hydrogen-bond donors (Lipinski definition) is 1. The molecule has 2 aromatic carbocycles. The van der Waals surface area contributed by atoms with Gasteiger partial charge in [0.15, 0.2) is 11.5 Å². The van der Waals surface area contributed by atoms with Crippen molar-refractivity contribution in [3.05, 3.63) is 48.5 Å². The first-order valence-corrected chi connectivity index (χ1v) is 7.10. The van der Waals surface area contributed by atoms with Gasteiger partial charge in [-0.25, -0.2) is 0 Å². The Labute approximate surface area is 116 Å². The van der Waals surface area contributed by atoms with Crippen molar-refractivity contribution in [2.45, 2.75) is 11.0 Å². The van der Waals surface area contributed by atoms with Crippen molar-refractivity contribution in [3.63, 3.8) is 0 Å². The molecule has 0 amide bonds. The van der Waals surface area contributed by atoms with E-state index < -0.39 is 0 Å². The fourth-order valence-electron chi connectivity index (χ4n) is 1.91. The van der Waals surface area contributed by atoms with Crippen molar-refractivity contribution in [1.82, 2.24) is 0 Å². The molecule has 98 valence electrons. The Balaban J connectivity index is 1.61. The Morgan fingerprint density at radius 3 is 2.79 bits per heavy atom. The normalized spacial score (nSPS) is 17.2. The van der Waals surface area contributed by atoms with E-state index in [1.165, 1.54) is 0 Å². The molecule has 0 saturated heterocycles. The second-order valence-corrected chi connectivity index (χ2v) is 5.40. The molecule has 2 aromatic rings. The summed E-state index contributed by atoms with van der Waals surface area (Å²) < 4.78 is 11.5. The van der Waals surface area contributed by atoms with Crippen molar-refractivity contribution < 1.29 is 14.6 Å². The minimum atomic E-state index is 0.0299. The molecule has 0 aromatic heterocycles. The van der Waals surface area contributed by atoms with E-state index in [1.54, 1.807) is 23.9 Å². The van der Waals surface area contributed by atoms with Crippen LogP contribution >= 0.6 is 11.8 Å². The summed E-state index contributed by atoms with van der Waals surface area (Å²) in [7, 11) is 0. The molecule has 3 rings (SSSR count). The number of para-hydroxylation sites is 2. The smallest absolute Gasteiger partial charge is 0.161 e. The summed E-state index contributed by atoms with van der Waals surface area (Å²) in [5, 5.41) is 9.41. The molecule has 0 spiro atoms. The molecule has 1 heterocycles. The van der Waals surface area contributed by atoms with Crippen LogP contribution in [0.25, 0.3) is 0 Å². The van der Waals surface area contributed by atoms with Crippen LogP contribution in [0.1, 0.15) is 0 Å². The molecule has 19 heavy (non-hydrogen) atoms. The SMILES string of the molecule is Oc1cccc(SCC2COc3ccccc3O2)c1. The van der Waals surface area contributed by atoms with Gasteiger partial charge >= 0.3 is 0 Å². The van der Waals surface area contributed by atoms with Crippen LogP contribution < -0.4 is 9.47 Å². The molecule has 1 N–H and O–H groups in total. The third-order valence-electron chi connectivity index (χ3n) is 2.82. The molecule has 0 bridgehead atoms. The highest BCUT2D eigenvalue weighted by atomic mass is 32.2. The maximum atomic E-state index is 9.41. The highest BCUT2D eigenvalue weighted by Crippen LogP contribution is 2.32. The van der Waals surface area contributed by atoms with Gasteiger partial charge in [0, 0.05) is 10.6 Å². The average Bonchev–Trinajstić information content (AvgIpc) is 2.45. The highest BCUT2D eigenvalue weighted by Gasteiger charge is 2.20. The molecule has 0 fully saturated rings. The first kappa shape index (κ1) is 12.2. The van der Waals surface area contributed by atoms with Crippen LogP contribution in [0, 0.1) is 0 Å². The average molecular weight is 274 g/mol. The van der Waals surface area contributed by atoms with Crippen molar-refractivity contribution >= 4 is 11.8 Å². The predicted octanol–water partition coefficient (Wildman–Crippen LogP) is 3.32. The molecule has 4 heteroatoms. The van der Waals surface area contributed by atoms with Crippen molar-refractivity contribution in [2.75, 3.05) is 12.4 Å². The van der Waals surface area contributed by atoms with Crippen LogP contribution in [-0.2, 0) is 0 Å². The Bertz CT molecular complexity index is 571. The third-order valence-corrected chi connectivity index (χ3v) is 3.95. The van der Waals surface area contributed by atoms with Gasteiger partial charge in [-0.2, -0.15) is 0 Å². The number of rotatable bonds is 3. The highest BCUT2D eigenvalue weighted by molar-refractivity contribution is 7.99.